The van der Waals surface area contributed by atoms with Crippen LogP contribution < -0.4 is 10.1 Å². The van der Waals surface area contributed by atoms with Crippen molar-refractivity contribution >= 4 is 22.9 Å². The molecule has 1 N–H and O–H groups in total. The number of amides is 1. The summed E-state index contributed by atoms with van der Waals surface area (Å²) in [7, 11) is 0. The van der Waals surface area contributed by atoms with Crippen molar-refractivity contribution in [3.63, 3.8) is 0 Å². The number of benzene rings is 3. The summed E-state index contributed by atoms with van der Waals surface area (Å²) in [5, 5.41) is 4.96. The zero-order valence-corrected chi connectivity index (χ0v) is 16.4. The van der Waals surface area contributed by atoms with E-state index < -0.39 is 0 Å². The fourth-order valence-corrected chi connectivity index (χ4v) is 4.14. The molecule has 4 nitrogen and oxygen atoms in total. The number of carbonyl (C=O) groups is 1. The minimum Gasteiger partial charge on any atom is -0.487 e. The number of hydrogen-bond donors (Lipinski definition) is 1. The highest BCUT2D eigenvalue weighted by Gasteiger charge is 2.18. The molecule has 0 spiro atoms. The molecule has 4 aromatic rings. The number of anilines is 1. The molecule has 142 valence electrons. The Bertz CT molecular complexity index is 1170. The number of ether oxygens (including phenoxy) is 1. The van der Waals surface area contributed by atoms with Gasteiger partial charge in [0.2, 0.25) is 0 Å². The summed E-state index contributed by atoms with van der Waals surface area (Å²) in [6.45, 7) is 0.423. The van der Waals surface area contributed by atoms with E-state index in [1.165, 1.54) is 22.3 Å². The maximum Gasteiger partial charge on any atom is 0.255 e. The molecule has 0 atom stereocenters. The van der Waals surface area contributed by atoms with Gasteiger partial charge in [0.25, 0.3) is 5.91 Å². The van der Waals surface area contributed by atoms with Crippen molar-refractivity contribution in [1.29, 1.82) is 0 Å². The molecule has 0 fully saturated rings. The van der Waals surface area contributed by atoms with E-state index in [4.69, 9.17) is 4.74 Å². The Kier molecular flexibility index (Phi) is 4.58. The van der Waals surface area contributed by atoms with Crippen molar-refractivity contribution in [2.24, 2.45) is 0 Å². The zero-order chi connectivity index (χ0) is 19.6. The summed E-state index contributed by atoms with van der Waals surface area (Å²) in [6, 6.07) is 21.7. The molecule has 1 aliphatic rings. The third-order valence-electron chi connectivity index (χ3n) is 5.04. The fourth-order valence-electron chi connectivity index (χ4n) is 3.59. The third kappa shape index (κ3) is 3.65. The second-order valence-corrected chi connectivity index (χ2v) is 7.67. The molecule has 3 aromatic carbocycles. The number of carbonyl (C=O) groups excluding carboxylic acids is 1. The molecule has 1 heterocycles. The van der Waals surface area contributed by atoms with Gasteiger partial charge in [-0.05, 0) is 65.1 Å². The van der Waals surface area contributed by atoms with Gasteiger partial charge in [0.15, 0.2) is 0 Å². The van der Waals surface area contributed by atoms with Crippen LogP contribution in [0.2, 0.25) is 0 Å². The lowest BCUT2D eigenvalue weighted by molar-refractivity contribution is 0.102. The number of hydrogen-bond acceptors (Lipinski definition) is 4. The van der Waals surface area contributed by atoms with Gasteiger partial charge in [-0.1, -0.05) is 30.3 Å². The molecule has 0 radical (unpaired) electrons. The molecule has 1 aromatic heterocycles. The van der Waals surface area contributed by atoms with Crippen LogP contribution in [0.15, 0.2) is 77.6 Å². The van der Waals surface area contributed by atoms with Gasteiger partial charge in [0, 0.05) is 16.6 Å². The summed E-state index contributed by atoms with van der Waals surface area (Å²) >= 11 is 1.54. The molecule has 5 rings (SSSR count). The number of nitrogens with zero attached hydrogens (tertiary/aromatic N) is 1. The van der Waals surface area contributed by atoms with Crippen LogP contribution in [0.3, 0.4) is 0 Å². The lowest BCUT2D eigenvalue weighted by Gasteiger charge is -2.09. The number of nitrogens with one attached hydrogen (secondary N) is 1. The Morgan fingerprint density at radius 2 is 1.83 bits per heavy atom. The Hall–Kier alpha value is -3.44. The normalized spacial score (nSPS) is 11.6. The predicted molar refractivity (Wildman–Crippen MR) is 116 cm³/mol. The molecule has 0 saturated heterocycles. The summed E-state index contributed by atoms with van der Waals surface area (Å²) in [4.78, 5) is 16.8. The summed E-state index contributed by atoms with van der Waals surface area (Å²) in [5.41, 5.74) is 9.20. The van der Waals surface area contributed by atoms with Gasteiger partial charge in [-0.25, -0.2) is 4.98 Å². The highest BCUT2D eigenvalue weighted by molar-refractivity contribution is 7.07. The fraction of sp³-hybridized carbons (Fsp3) is 0.0833. The zero-order valence-electron chi connectivity index (χ0n) is 15.6. The molecule has 29 heavy (non-hydrogen) atoms. The molecule has 0 unspecified atom stereocenters. The van der Waals surface area contributed by atoms with Crippen molar-refractivity contribution in [2.45, 2.75) is 13.0 Å². The molecular formula is C24H18N2O2S. The van der Waals surface area contributed by atoms with Gasteiger partial charge >= 0.3 is 0 Å². The number of fused-ring (bicyclic) bond motifs is 3. The SMILES string of the molecule is O=C(Nc1ccc2c(c1)Cc1ccccc1-2)c1ccc(OCc2cscn2)cc1. The van der Waals surface area contributed by atoms with Crippen molar-refractivity contribution in [1.82, 2.24) is 4.98 Å². The average molecular weight is 398 g/mol. The second kappa shape index (κ2) is 7.53. The van der Waals surface area contributed by atoms with E-state index >= 15 is 0 Å². The minimum absolute atomic E-state index is 0.133. The van der Waals surface area contributed by atoms with Crippen LogP contribution >= 0.6 is 11.3 Å². The van der Waals surface area contributed by atoms with Gasteiger partial charge in [0.1, 0.15) is 12.4 Å². The third-order valence-corrected chi connectivity index (χ3v) is 5.67. The molecule has 5 heteroatoms. The van der Waals surface area contributed by atoms with E-state index in [0.29, 0.717) is 17.9 Å². The van der Waals surface area contributed by atoms with E-state index in [9.17, 15) is 4.79 Å². The van der Waals surface area contributed by atoms with Crippen molar-refractivity contribution in [2.75, 3.05) is 5.32 Å². The minimum atomic E-state index is -0.133. The lowest BCUT2D eigenvalue weighted by Crippen LogP contribution is -2.12. The predicted octanol–water partition coefficient (Wildman–Crippen LogP) is 5.55. The number of thiazole rings is 1. The highest BCUT2D eigenvalue weighted by atomic mass is 32.1. The Morgan fingerprint density at radius 3 is 2.66 bits per heavy atom. The van der Waals surface area contributed by atoms with Crippen LogP contribution in [0.5, 0.6) is 5.75 Å². The van der Waals surface area contributed by atoms with Gasteiger partial charge < -0.3 is 10.1 Å². The smallest absolute Gasteiger partial charge is 0.255 e. The van der Waals surface area contributed by atoms with E-state index in [1.807, 2.05) is 11.4 Å². The Labute approximate surface area is 172 Å². The standard InChI is InChI=1S/C24H18N2O2S/c27-24(16-5-8-21(9-6-16)28-13-20-14-29-15-25-20)26-19-7-10-23-18(12-19)11-17-3-1-2-4-22(17)23/h1-10,12,14-15H,11,13H2,(H,26,27). The van der Waals surface area contributed by atoms with Gasteiger partial charge in [-0.15, -0.1) is 11.3 Å². The van der Waals surface area contributed by atoms with Gasteiger partial charge in [-0.3, -0.25) is 4.79 Å². The Balaban J connectivity index is 1.25. The highest BCUT2D eigenvalue weighted by Crippen LogP contribution is 2.37. The van der Waals surface area contributed by atoms with Crippen molar-refractivity contribution in [3.05, 3.63) is 100 Å². The van der Waals surface area contributed by atoms with Crippen LogP contribution in [0, 0.1) is 0 Å². The van der Waals surface area contributed by atoms with E-state index in [0.717, 1.165) is 17.8 Å². The van der Waals surface area contributed by atoms with Crippen LogP contribution in [-0.4, -0.2) is 10.9 Å². The molecule has 0 aliphatic heterocycles. The van der Waals surface area contributed by atoms with Crippen LogP contribution in [0.1, 0.15) is 27.2 Å². The van der Waals surface area contributed by atoms with Crippen molar-refractivity contribution < 1.29 is 9.53 Å². The second-order valence-electron chi connectivity index (χ2n) is 6.95. The summed E-state index contributed by atoms with van der Waals surface area (Å²) < 4.78 is 5.70. The van der Waals surface area contributed by atoms with Gasteiger partial charge in [0.05, 0.1) is 11.2 Å². The molecule has 0 bridgehead atoms. The molecule has 0 saturated carbocycles. The Morgan fingerprint density at radius 1 is 1.00 bits per heavy atom. The van der Waals surface area contributed by atoms with Crippen LogP contribution in [0.25, 0.3) is 11.1 Å². The van der Waals surface area contributed by atoms with Crippen LogP contribution in [0.4, 0.5) is 5.69 Å². The van der Waals surface area contributed by atoms with Crippen molar-refractivity contribution in [3.8, 4) is 16.9 Å². The number of rotatable bonds is 5. The molecular weight excluding hydrogens is 380 g/mol. The van der Waals surface area contributed by atoms with E-state index in [2.05, 4.69) is 46.7 Å². The first-order valence-corrected chi connectivity index (χ1v) is 10.3. The maximum atomic E-state index is 12.6. The van der Waals surface area contributed by atoms with Crippen LogP contribution in [-0.2, 0) is 13.0 Å². The van der Waals surface area contributed by atoms with Gasteiger partial charge in [-0.2, -0.15) is 0 Å². The largest absolute Gasteiger partial charge is 0.487 e. The molecule has 1 aliphatic carbocycles. The average Bonchev–Trinajstić information content (AvgIpc) is 3.40. The maximum absolute atomic E-state index is 12.6. The van der Waals surface area contributed by atoms with E-state index in [-0.39, 0.29) is 5.91 Å². The first kappa shape index (κ1) is 17.6. The topological polar surface area (TPSA) is 51.2 Å². The number of aromatic nitrogens is 1. The quantitative estimate of drug-likeness (QED) is 0.423. The lowest BCUT2D eigenvalue weighted by atomic mass is 10.1. The summed E-state index contributed by atoms with van der Waals surface area (Å²) in [6.07, 6.45) is 0.903. The molecule has 1 amide bonds. The first-order valence-electron chi connectivity index (χ1n) is 9.39. The van der Waals surface area contributed by atoms with E-state index in [1.54, 1.807) is 41.1 Å². The first-order chi connectivity index (χ1) is 14.3. The summed E-state index contributed by atoms with van der Waals surface area (Å²) in [5.74, 6) is 0.580. The monoisotopic (exact) mass is 398 g/mol.